The van der Waals surface area contributed by atoms with Crippen LogP contribution in [0.3, 0.4) is 0 Å². The number of nitrogen functional groups attached to an aromatic ring is 1. The highest BCUT2D eigenvalue weighted by molar-refractivity contribution is 6.09. The van der Waals surface area contributed by atoms with E-state index in [2.05, 4.69) is 10.4 Å². The Morgan fingerprint density at radius 3 is 2.72 bits per heavy atom. The number of carbonyl (C=O) groups excluding carboxylic acids is 1. The Morgan fingerprint density at radius 1 is 1.28 bits per heavy atom. The number of aromatic nitrogens is 1. The largest absolute Gasteiger partial charge is 0.323 e. The number of amides is 1. The van der Waals surface area contributed by atoms with E-state index in [9.17, 15) is 4.79 Å². The van der Waals surface area contributed by atoms with Gasteiger partial charge in [0.1, 0.15) is 0 Å². The van der Waals surface area contributed by atoms with Crippen molar-refractivity contribution in [2.75, 3.05) is 17.4 Å². The van der Waals surface area contributed by atoms with Gasteiger partial charge in [0.2, 0.25) is 0 Å². The topological polar surface area (TPSA) is 71.2 Å². The minimum absolute atomic E-state index is 0.142. The molecular formula is C13H14N4O. The van der Waals surface area contributed by atoms with Crippen molar-refractivity contribution in [2.45, 2.75) is 0 Å². The zero-order chi connectivity index (χ0) is 13.0. The maximum atomic E-state index is 12.3. The number of nitrogens with zero attached hydrogens (tertiary/aromatic N) is 2. The highest BCUT2D eigenvalue weighted by Gasteiger charge is 2.16. The van der Waals surface area contributed by atoms with Gasteiger partial charge in [0.25, 0.3) is 5.91 Å². The van der Waals surface area contributed by atoms with Crippen LogP contribution >= 0.6 is 0 Å². The van der Waals surface area contributed by atoms with Crippen LogP contribution in [0.4, 0.5) is 11.4 Å². The van der Waals surface area contributed by atoms with Gasteiger partial charge in [-0.1, -0.05) is 12.1 Å². The monoisotopic (exact) mass is 242 g/mol. The summed E-state index contributed by atoms with van der Waals surface area (Å²) in [5.74, 6) is 5.25. The highest BCUT2D eigenvalue weighted by Crippen LogP contribution is 2.19. The first-order valence-electron chi connectivity index (χ1n) is 5.47. The van der Waals surface area contributed by atoms with E-state index in [4.69, 9.17) is 5.84 Å². The van der Waals surface area contributed by atoms with Gasteiger partial charge >= 0.3 is 0 Å². The maximum absolute atomic E-state index is 12.3. The molecule has 0 saturated heterocycles. The molecule has 0 radical (unpaired) electrons. The van der Waals surface area contributed by atoms with Crippen LogP contribution in [-0.4, -0.2) is 17.9 Å². The van der Waals surface area contributed by atoms with Crippen molar-refractivity contribution in [1.82, 2.24) is 4.98 Å². The Kier molecular flexibility index (Phi) is 3.54. The summed E-state index contributed by atoms with van der Waals surface area (Å²) < 4.78 is 0. The molecule has 5 heteroatoms. The second-order valence-electron chi connectivity index (χ2n) is 3.77. The minimum atomic E-state index is -0.142. The number of nitrogens with two attached hydrogens (primary N) is 1. The molecule has 3 N–H and O–H groups in total. The summed E-state index contributed by atoms with van der Waals surface area (Å²) in [7, 11) is 1.70. The molecule has 18 heavy (non-hydrogen) atoms. The summed E-state index contributed by atoms with van der Waals surface area (Å²) in [5, 5.41) is 0. The summed E-state index contributed by atoms with van der Waals surface area (Å²) >= 11 is 0. The highest BCUT2D eigenvalue weighted by atomic mass is 16.2. The van der Waals surface area contributed by atoms with Crippen molar-refractivity contribution in [1.29, 1.82) is 0 Å². The van der Waals surface area contributed by atoms with Crippen LogP contribution in [-0.2, 0) is 0 Å². The fourth-order valence-electron chi connectivity index (χ4n) is 1.65. The summed E-state index contributed by atoms with van der Waals surface area (Å²) in [6.07, 6.45) is 3.30. The van der Waals surface area contributed by atoms with Gasteiger partial charge in [0, 0.05) is 13.2 Å². The van der Waals surface area contributed by atoms with Gasteiger partial charge in [0.05, 0.1) is 23.1 Å². The van der Waals surface area contributed by atoms with E-state index in [0.29, 0.717) is 11.3 Å². The van der Waals surface area contributed by atoms with Gasteiger partial charge in [-0.05, 0) is 24.3 Å². The molecule has 0 fully saturated rings. The molecule has 0 spiro atoms. The first-order valence-corrected chi connectivity index (χ1v) is 5.47. The summed E-state index contributed by atoms with van der Waals surface area (Å²) in [6, 6.07) is 10.7. The molecule has 1 amide bonds. The Hall–Kier alpha value is -2.40. The van der Waals surface area contributed by atoms with E-state index in [1.54, 1.807) is 43.7 Å². The molecule has 0 aliphatic rings. The van der Waals surface area contributed by atoms with Crippen LogP contribution in [0.2, 0.25) is 0 Å². The lowest BCUT2D eigenvalue weighted by molar-refractivity contribution is 0.0993. The molecule has 2 aromatic rings. The number of benzene rings is 1. The first-order chi connectivity index (χ1) is 8.74. The lowest BCUT2D eigenvalue weighted by Gasteiger charge is -2.18. The van der Waals surface area contributed by atoms with Gasteiger partial charge in [-0.3, -0.25) is 15.6 Å². The first kappa shape index (κ1) is 12.1. The van der Waals surface area contributed by atoms with Crippen molar-refractivity contribution in [3.63, 3.8) is 0 Å². The van der Waals surface area contributed by atoms with Gasteiger partial charge < -0.3 is 10.3 Å². The fraction of sp³-hybridized carbons (Fsp3) is 0.0769. The molecule has 0 atom stereocenters. The predicted octanol–water partition coefficient (Wildman–Crippen LogP) is 1.64. The Bertz CT molecular complexity index is 542. The lowest BCUT2D eigenvalue weighted by Crippen LogP contribution is -2.27. The fourth-order valence-corrected chi connectivity index (χ4v) is 1.65. The summed E-state index contributed by atoms with van der Waals surface area (Å²) in [6.45, 7) is 0. The van der Waals surface area contributed by atoms with Crippen LogP contribution in [0.25, 0.3) is 0 Å². The number of hydrazine groups is 1. The number of nitrogens with one attached hydrogen (secondary N) is 1. The van der Waals surface area contributed by atoms with Crippen LogP contribution in [0.1, 0.15) is 10.4 Å². The molecular weight excluding hydrogens is 228 g/mol. The number of pyridine rings is 1. The molecule has 0 unspecified atom stereocenters. The Balaban J connectivity index is 2.32. The predicted molar refractivity (Wildman–Crippen MR) is 71.2 cm³/mol. The van der Waals surface area contributed by atoms with E-state index in [1.807, 2.05) is 12.1 Å². The normalized spacial score (nSPS) is 9.89. The van der Waals surface area contributed by atoms with Gasteiger partial charge in [-0.2, -0.15) is 0 Å². The maximum Gasteiger partial charge on any atom is 0.260 e. The number of carbonyl (C=O) groups is 1. The summed E-state index contributed by atoms with van der Waals surface area (Å²) in [5.41, 5.74) is 4.37. The van der Waals surface area contributed by atoms with Crippen LogP contribution < -0.4 is 16.2 Å². The zero-order valence-electron chi connectivity index (χ0n) is 10.00. The van der Waals surface area contributed by atoms with Gasteiger partial charge in [0.15, 0.2) is 0 Å². The number of anilines is 2. The molecule has 0 bridgehead atoms. The summed E-state index contributed by atoms with van der Waals surface area (Å²) in [4.78, 5) is 17.8. The molecule has 5 nitrogen and oxygen atoms in total. The lowest BCUT2D eigenvalue weighted by atomic mass is 10.1. The second kappa shape index (κ2) is 5.29. The molecule has 92 valence electrons. The SMILES string of the molecule is CN(C(=O)c1ccccc1NN)c1cccnc1. The second-order valence-corrected chi connectivity index (χ2v) is 3.77. The number of hydrogen-bond donors (Lipinski definition) is 2. The van der Waals surface area contributed by atoms with E-state index < -0.39 is 0 Å². The van der Waals surface area contributed by atoms with E-state index in [1.165, 1.54) is 4.90 Å². The smallest absolute Gasteiger partial charge is 0.260 e. The van der Waals surface area contributed by atoms with E-state index >= 15 is 0 Å². The van der Waals surface area contributed by atoms with Gasteiger partial charge in [-0.25, -0.2) is 0 Å². The molecule has 1 aromatic heterocycles. The minimum Gasteiger partial charge on any atom is -0.323 e. The van der Waals surface area contributed by atoms with Crippen LogP contribution in [0.15, 0.2) is 48.8 Å². The third kappa shape index (κ3) is 2.31. The molecule has 0 saturated carbocycles. The standard InChI is InChI=1S/C13H14N4O/c1-17(10-5-4-8-15-9-10)13(18)11-6-2-3-7-12(11)16-14/h2-9,16H,14H2,1H3. The Morgan fingerprint density at radius 2 is 2.06 bits per heavy atom. The van der Waals surface area contributed by atoms with Crippen molar-refractivity contribution in [3.05, 3.63) is 54.4 Å². The number of rotatable bonds is 3. The van der Waals surface area contributed by atoms with Crippen molar-refractivity contribution in [2.24, 2.45) is 5.84 Å². The van der Waals surface area contributed by atoms with Crippen molar-refractivity contribution < 1.29 is 4.79 Å². The number of para-hydroxylation sites is 1. The van der Waals surface area contributed by atoms with Crippen LogP contribution in [0.5, 0.6) is 0 Å². The zero-order valence-corrected chi connectivity index (χ0v) is 10.00. The Labute approximate surface area is 105 Å². The van der Waals surface area contributed by atoms with E-state index in [0.717, 1.165) is 5.69 Å². The third-order valence-corrected chi connectivity index (χ3v) is 2.65. The molecule has 0 aliphatic carbocycles. The third-order valence-electron chi connectivity index (χ3n) is 2.65. The molecule has 0 aliphatic heterocycles. The quantitative estimate of drug-likeness (QED) is 0.634. The van der Waals surface area contributed by atoms with Gasteiger partial charge in [-0.15, -0.1) is 0 Å². The van der Waals surface area contributed by atoms with Crippen molar-refractivity contribution >= 4 is 17.3 Å². The molecule has 1 heterocycles. The van der Waals surface area contributed by atoms with Crippen molar-refractivity contribution in [3.8, 4) is 0 Å². The molecule has 2 rings (SSSR count). The number of hydrogen-bond acceptors (Lipinski definition) is 4. The van der Waals surface area contributed by atoms with Crippen LogP contribution in [0, 0.1) is 0 Å². The molecule has 1 aromatic carbocycles. The average Bonchev–Trinajstić information content (AvgIpc) is 2.46. The van der Waals surface area contributed by atoms with E-state index in [-0.39, 0.29) is 5.91 Å². The average molecular weight is 242 g/mol.